The largest absolute Gasteiger partial charge is 0.382 e. The van der Waals surface area contributed by atoms with E-state index >= 15 is 0 Å². The molecule has 5 heterocycles. The zero-order chi connectivity index (χ0) is 20.0. The second kappa shape index (κ2) is 8.50. The van der Waals surface area contributed by atoms with Crippen LogP contribution in [0.15, 0.2) is 18.3 Å². The van der Waals surface area contributed by atoms with Gasteiger partial charge in [0, 0.05) is 45.8 Å². The normalized spacial score (nSPS) is 15.8. The van der Waals surface area contributed by atoms with Gasteiger partial charge in [0.25, 0.3) is 0 Å². The highest BCUT2D eigenvalue weighted by molar-refractivity contribution is 7.23. The van der Waals surface area contributed by atoms with E-state index in [1.165, 1.54) is 0 Å². The van der Waals surface area contributed by atoms with Gasteiger partial charge in [-0.15, -0.1) is 23.7 Å². The Morgan fingerprint density at radius 3 is 2.70 bits per heavy atom. The number of H-pyrrole nitrogens is 1. The molecule has 0 atom stereocenters. The number of pyridine rings is 1. The minimum Gasteiger partial charge on any atom is -0.382 e. The van der Waals surface area contributed by atoms with Crippen LogP contribution >= 0.6 is 23.7 Å². The van der Waals surface area contributed by atoms with Gasteiger partial charge in [-0.3, -0.25) is 5.10 Å². The van der Waals surface area contributed by atoms with Gasteiger partial charge in [0.15, 0.2) is 5.82 Å². The van der Waals surface area contributed by atoms with Crippen molar-refractivity contribution in [2.75, 3.05) is 45.5 Å². The van der Waals surface area contributed by atoms with E-state index < -0.39 is 0 Å². The number of aryl methyl sites for hydroxylation is 2. The number of likely N-dealkylation sites (N-methyl/N-ethyl adjacent to an activating group) is 1. The van der Waals surface area contributed by atoms with Crippen LogP contribution in [0.2, 0.25) is 0 Å². The lowest BCUT2D eigenvalue weighted by molar-refractivity contribution is 0.153. The molecule has 0 aromatic carbocycles. The fraction of sp³-hybridized carbons (Fsp3) is 0.450. The van der Waals surface area contributed by atoms with Gasteiger partial charge >= 0.3 is 0 Å². The number of rotatable bonds is 5. The Kier molecular flexibility index (Phi) is 5.97. The summed E-state index contributed by atoms with van der Waals surface area (Å²) in [5, 5.41) is 7.09. The summed E-state index contributed by atoms with van der Waals surface area (Å²) in [5.41, 5.74) is 10.1. The quantitative estimate of drug-likeness (QED) is 0.489. The van der Waals surface area contributed by atoms with Crippen molar-refractivity contribution in [3.8, 4) is 10.6 Å². The van der Waals surface area contributed by atoms with E-state index in [9.17, 15) is 0 Å². The van der Waals surface area contributed by atoms with Gasteiger partial charge in [0.1, 0.15) is 11.3 Å². The summed E-state index contributed by atoms with van der Waals surface area (Å²) in [6, 6.07) is 4.04. The first kappa shape index (κ1) is 21.0. The van der Waals surface area contributed by atoms with Crippen LogP contribution in [0.5, 0.6) is 0 Å². The van der Waals surface area contributed by atoms with E-state index in [0.717, 1.165) is 83.2 Å². The Hall–Kier alpha value is -2.20. The smallest absolute Gasteiger partial charge is 0.152 e. The van der Waals surface area contributed by atoms with Crippen LogP contribution in [0, 0.1) is 0 Å². The average molecular weight is 447 g/mol. The molecule has 1 fully saturated rings. The molecule has 1 saturated heterocycles. The zero-order valence-electron chi connectivity index (χ0n) is 17.3. The minimum absolute atomic E-state index is 0. The van der Waals surface area contributed by atoms with Gasteiger partial charge in [-0.1, -0.05) is 0 Å². The van der Waals surface area contributed by atoms with Crippen molar-refractivity contribution < 1.29 is 0 Å². The van der Waals surface area contributed by atoms with Gasteiger partial charge in [0.2, 0.25) is 0 Å². The van der Waals surface area contributed by atoms with Gasteiger partial charge in [-0.05, 0) is 32.1 Å². The molecular weight excluding hydrogens is 420 g/mol. The second-order valence-electron chi connectivity index (χ2n) is 7.83. The van der Waals surface area contributed by atoms with Crippen LogP contribution in [-0.4, -0.2) is 74.3 Å². The van der Waals surface area contributed by atoms with Crippen LogP contribution in [0.4, 0.5) is 5.82 Å². The topological polar surface area (TPSA) is 91.9 Å². The van der Waals surface area contributed by atoms with E-state index in [-0.39, 0.29) is 12.4 Å². The van der Waals surface area contributed by atoms with Crippen molar-refractivity contribution in [2.45, 2.75) is 12.8 Å². The zero-order valence-corrected chi connectivity index (χ0v) is 18.9. The Balaban J connectivity index is 0.00000218. The van der Waals surface area contributed by atoms with Crippen LogP contribution in [0.25, 0.3) is 31.8 Å². The SMILES string of the molecule is CN1CCN(CCCc2nc3c(N)nc4cc(-c5ccn[nH]5)sc4c3n2C)CC1.Cl. The van der Waals surface area contributed by atoms with E-state index in [2.05, 4.69) is 49.7 Å². The summed E-state index contributed by atoms with van der Waals surface area (Å²) >= 11 is 1.70. The molecule has 0 radical (unpaired) electrons. The molecule has 8 nitrogen and oxygen atoms in total. The number of anilines is 1. The molecule has 3 N–H and O–H groups in total. The number of aromatic nitrogens is 5. The maximum Gasteiger partial charge on any atom is 0.152 e. The molecule has 1 aliphatic rings. The number of fused-ring (bicyclic) bond motifs is 3. The van der Waals surface area contributed by atoms with Gasteiger partial charge in [-0.25, -0.2) is 9.97 Å². The monoisotopic (exact) mass is 446 g/mol. The predicted octanol–water partition coefficient (Wildman–Crippen LogP) is 2.76. The highest BCUT2D eigenvalue weighted by Gasteiger charge is 2.19. The Morgan fingerprint density at radius 2 is 1.97 bits per heavy atom. The minimum atomic E-state index is 0. The summed E-state index contributed by atoms with van der Waals surface area (Å²) in [5.74, 6) is 1.58. The van der Waals surface area contributed by atoms with Gasteiger partial charge in [0.05, 0.1) is 26.3 Å². The highest BCUT2D eigenvalue weighted by Crippen LogP contribution is 2.37. The maximum absolute atomic E-state index is 6.28. The van der Waals surface area contributed by atoms with E-state index in [4.69, 9.17) is 10.7 Å². The van der Waals surface area contributed by atoms with Crippen molar-refractivity contribution in [2.24, 2.45) is 7.05 Å². The number of nitrogens with zero attached hydrogens (tertiary/aromatic N) is 6. The third-order valence-corrected chi connectivity index (χ3v) is 7.00. The first-order valence-electron chi connectivity index (χ1n) is 10.0. The first-order valence-corrected chi connectivity index (χ1v) is 10.9. The molecule has 4 aromatic heterocycles. The van der Waals surface area contributed by atoms with Crippen LogP contribution in [0.3, 0.4) is 0 Å². The van der Waals surface area contributed by atoms with E-state index in [0.29, 0.717) is 5.82 Å². The summed E-state index contributed by atoms with van der Waals surface area (Å²) < 4.78 is 3.33. The number of imidazole rings is 1. The van der Waals surface area contributed by atoms with Gasteiger partial charge in [-0.2, -0.15) is 5.10 Å². The molecule has 4 aromatic rings. The lowest BCUT2D eigenvalue weighted by Gasteiger charge is -2.32. The third kappa shape index (κ3) is 3.78. The van der Waals surface area contributed by atoms with Crippen LogP contribution in [0.1, 0.15) is 12.2 Å². The number of nitrogen functional groups attached to an aromatic ring is 1. The predicted molar refractivity (Wildman–Crippen MR) is 125 cm³/mol. The molecule has 0 saturated carbocycles. The number of nitrogens with one attached hydrogen (secondary N) is 1. The Bertz CT molecular complexity index is 1140. The molecular formula is C20H27ClN8S. The molecule has 10 heteroatoms. The van der Waals surface area contributed by atoms with Crippen LogP contribution < -0.4 is 5.73 Å². The van der Waals surface area contributed by atoms with E-state index in [1.54, 1.807) is 17.5 Å². The molecule has 5 rings (SSSR count). The maximum atomic E-state index is 6.28. The number of piperazine rings is 1. The summed E-state index contributed by atoms with van der Waals surface area (Å²) in [6.45, 7) is 5.74. The van der Waals surface area contributed by atoms with Crippen molar-refractivity contribution in [1.29, 1.82) is 0 Å². The standard InChI is InChI=1S/C20H26N8S.ClH/c1-26-8-10-28(11-9-26)7-3-4-16-24-17-18(27(16)2)19-14(23-20(17)21)12-15(29-19)13-5-6-22-25-13;/h5-6,12H,3-4,7-11H2,1-2H3,(H2,21,23)(H,22,25);1H. The van der Waals surface area contributed by atoms with Gasteiger partial charge < -0.3 is 20.1 Å². The lowest BCUT2D eigenvalue weighted by Crippen LogP contribution is -2.44. The fourth-order valence-corrected chi connectivity index (χ4v) is 5.24. The van der Waals surface area contributed by atoms with Crippen molar-refractivity contribution in [3.63, 3.8) is 0 Å². The third-order valence-electron chi connectivity index (χ3n) is 5.84. The molecule has 0 aliphatic carbocycles. The summed E-state index contributed by atoms with van der Waals surface area (Å²) in [6.07, 6.45) is 3.80. The average Bonchev–Trinajstić information content (AvgIpc) is 3.43. The summed E-state index contributed by atoms with van der Waals surface area (Å²) in [7, 11) is 4.29. The molecule has 160 valence electrons. The Labute approximate surface area is 185 Å². The molecule has 0 unspecified atom stereocenters. The number of nitrogens with two attached hydrogens (primary N) is 1. The number of aromatic amines is 1. The van der Waals surface area contributed by atoms with Crippen molar-refractivity contribution >= 4 is 50.8 Å². The molecule has 1 aliphatic heterocycles. The lowest BCUT2D eigenvalue weighted by atomic mass is 10.2. The number of hydrogen-bond donors (Lipinski definition) is 2. The summed E-state index contributed by atoms with van der Waals surface area (Å²) in [4.78, 5) is 15.5. The second-order valence-corrected chi connectivity index (χ2v) is 8.88. The van der Waals surface area contributed by atoms with Crippen molar-refractivity contribution in [1.82, 2.24) is 34.5 Å². The van der Waals surface area contributed by atoms with Crippen LogP contribution in [-0.2, 0) is 13.5 Å². The highest BCUT2D eigenvalue weighted by atomic mass is 35.5. The van der Waals surface area contributed by atoms with Crippen molar-refractivity contribution in [3.05, 3.63) is 24.2 Å². The molecule has 30 heavy (non-hydrogen) atoms. The number of hydrogen-bond acceptors (Lipinski definition) is 7. The number of thiophene rings is 1. The number of halogens is 1. The van der Waals surface area contributed by atoms with E-state index in [1.807, 2.05) is 6.07 Å². The molecule has 0 amide bonds. The molecule has 0 bridgehead atoms. The fourth-order valence-electron chi connectivity index (χ4n) is 4.08. The molecule has 0 spiro atoms. The first-order chi connectivity index (χ1) is 14.1. The Morgan fingerprint density at radius 1 is 1.17 bits per heavy atom.